The first kappa shape index (κ1) is 17.9. The third kappa shape index (κ3) is 3.49. The van der Waals surface area contributed by atoms with Crippen molar-refractivity contribution in [2.24, 2.45) is 0 Å². The lowest BCUT2D eigenvalue weighted by Crippen LogP contribution is -2.55. The molecule has 1 fully saturated rings. The summed E-state index contributed by atoms with van der Waals surface area (Å²) >= 11 is 0. The maximum Gasteiger partial charge on any atom is 0.267 e. The van der Waals surface area contributed by atoms with Crippen LogP contribution in [0.1, 0.15) is 15.9 Å². The molecule has 7 heteroatoms. The first-order chi connectivity index (χ1) is 13.7. The minimum atomic E-state index is -0.676. The monoisotopic (exact) mass is 377 g/mol. The van der Waals surface area contributed by atoms with Crippen molar-refractivity contribution in [1.82, 2.24) is 9.80 Å². The SMILES string of the molecule is N#Cc1cccc(C(=O)N2CCN(C(=O)C3COc4ccccc4O3)CC2)c1. The van der Waals surface area contributed by atoms with E-state index in [4.69, 9.17) is 14.7 Å². The number of amides is 2. The van der Waals surface area contributed by atoms with Gasteiger partial charge in [-0.25, -0.2) is 0 Å². The van der Waals surface area contributed by atoms with E-state index in [1.165, 1.54) is 0 Å². The van der Waals surface area contributed by atoms with Gasteiger partial charge in [-0.1, -0.05) is 18.2 Å². The Hall–Kier alpha value is -3.53. The Kier molecular flexibility index (Phi) is 4.85. The molecule has 0 spiro atoms. The van der Waals surface area contributed by atoms with E-state index in [0.29, 0.717) is 48.8 Å². The summed E-state index contributed by atoms with van der Waals surface area (Å²) in [6.45, 7) is 1.92. The zero-order chi connectivity index (χ0) is 19.5. The van der Waals surface area contributed by atoms with Gasteiger partial charge in [-0.2, -0.15) is 5.26 Å². The number of rotatable bonds is 2. The van der Waals surface area contributed by atoms with Gasteiger partial charge in [0.05, 0.1) is 11.6 Å². The summed E-state index contributed by atoms with van der Waals surface area (Å²) in [5.74, 6) is 0.948. The quantitative estimate of drug-likeness (QED) is 0.795. The maximum absolute atomic E-state index is 12.8. The number of hydrogen-bond acceptors (Lipinski definition) is 5. The molecule has 2 aromatic carbocycles. The molecule has 2 aromatic rings. The molecule has 0 bridgehead atoms. The van der Waals surface area contributed by atoms with E-state index in [-0.39, 0.29) is 18.4 Å². The number of fused-ring (bicyclic) bond motifs is 1. The van der Waals surface area contributed by atoms with E-state index in [2.05, 4.69) is 0 Å². The summed E-state index contributed by atoms with van der Waals surface area (Å²) in [5, 5.41) is 8.99. The zero-order valence-electron chi connectivity index (χ0n) is 15.2. The van der Waals surface area contributed by atoms with E-state index >= 15 is 0 Å². The van der Waals surface area contributed by atoms with Crippen molar-refractivity contribution in [3.05, 3.63) is 59.7 Å². The van der Waals surface area contributed by atoms with Crippen molar-refractivity contribution < 1.29 is 19.1 Å². The topological polar surface area (TPSA) is 82.9 Å². The number of piperazine rings is 1. The highest BCUT2D eigenvalue weighted by molar-refractivity contribution is 5.94. The lowest BCUT2D eigenvalue weighted by atomic mass is 10.1. The number of carbonyl (C=O) groups excluding carboxylic acids is 2. The third-order valence-electron chi connectivity index (χ3n) is 4.90. The van der Waals surface area contributed by atoms with Crippen molar-refractivity contribution in [3.63, 3.8) is 0 Å². The van der Waals surface area contributed by atoms with Gasteiger partial charge in [0.25, 0.3) is 11.8 Å². The van der Waals surface area contributed by atoms with E-state index in [0.717, 1.165) is 0 Å². The molecule has 4 rings (SSSR count). The van der Waals surface area contributed by atoms with E-state index in [1.807, 2.05) is 24.3 Å². The Morgan fingerprint density at radius 3 is 2.43 bits per heavy atom. The number of ether oxygens (including phenoxy) is 2. The summed E-state index contributed by atoms with van der Waals surface area (Å²) < 4.78 is 11.4. The van der Waals surface area contributed by atoms with Gasteiger partial charge in [0.15, 0.2) is 11.5 Å². The van der Waals surface area contributed by atoms with Crippen LogP contribution in [0.3, 0.4) is 0 Å². The minimum Gasteiger partial charge on any atom is -0.485 e. The number of para-hydroxylation sites is 2. The molecule has 2 aliphatic rings. The molecule has 2 amide bonds. The Morgan fingerprint density at radius 1 is 0.964 bits per heavy atom. The fourth-order valence-electron chi connectivity index (χ4n) is 3.38. The van der Waals surface area contributed by atoms with E-state index in [1.54, 1.807) is 40.1 Å². The van der Waals surface area contributed by atoms with Crippen LogP contribution in [0.15, 0.2) is 48.5 Å². The normalized spacial score (nSPS) is 18.3. The third-order valence-corrected chi connectivity index (χ3v) is 4.90. The van der Waals surface area contributed by atoms with Gasteiger partial charge in [0.2, 0.25) is 6.10 Å². The molecular weight excluding hydrogens is 358 g/mol. The summed E-state index contributed by atoms with van der Waals surface area (Å²) in [7, 11) is 0. The highest BCUT2D eigenvalue weighted by Crippen LogP contribution is 2.31. The fraction of sp³-hybridized carbons (Fsp3) is 0.286. The van der Waals surface area contributed by atoms with Crippen LogP contribution in [-0.4, -0.2) is 60.5 Å². The number of carbonyl (C=O) groups is 2. The number of hydrogen-bond donors (Lipinski definition) is 0. The van der Waals surface area contributed by atoms with Crippen LogP contribution in [0.4, 0.5) is 0 Å². The summed E-state index contributed by atoms with van der Waals surface area (Å²) in [4.78, 5) is 28.8. The van der Waals surface area contributed by atoms with Crippen LogP contribution in [0.5, 0.6) is 11.5 Å². The number of nitriles is 1. The van der Waals surface area contributed by atoms with Gasteiger partial charge >= 0.3 is 0 Å². The summed E-state index contributed by atoms with van der Waals surface area (Å²) in [6.07, 6.45) is -0.676. The van der Waals surface area contributed by atoms with Gasteiger partial charge in [-0.05, 0) is 30.3 Å². The fourth-order valence-corrected chi connectivity index (χ4v) is 3.38. The molecule has 0 aromatic heterocycles. The van der Waals surface area contributed by atoms with Gasteiger partial charge in [-0.3, -0.25) is 9.59 Å². The average Bonchev–Trinajstić information content (AvgIpc) is 2.78. The molecule has 0 radical (unpaired) electrons. The van der Waals surface area contributed by atoms with Gasteiger partial charge in [0.1, 0.15) is 6.61 Å². The molecule has 0 saturated carbocycles. The number of benzene rings is 2. The van der Waals surface area contributed by atoms with Gasteiger partial charge in [0, 0.05) is 31.7 Å². The highest BCUT2D eigenvalue weighted by atomic mass is 16.6. The Bertz CT molecular complexity index is 945. The molecule has 7 nitrogen and oxygen atoms in total. The molecule has 1 unspecified atom stereocenters. The first-order valence-corrected chi connectivity index (χ1v) is 9.12. The predicted molar refractivity (Wildman–Crippen MR) is 100.0 cm³/mol. The Morgan fingerprint density at radius 2 is 1.68 bits per heavy atom. The Balaban J connectivity index is 1.36. The van der Waals surface area contributed by atoms with Crippen molar-refractivity contribution in [1.29, 1.82) is 5.26 Å². The minimum absolute atomic E-state index is 0.129. The van der Waals surface area contributed by atoms with Crippen molar-refractivity contribution in [2.45, 2.75) is 6.10 Å². The lowest BCUT2D eigenvalue weighted by Gasteiger charge is -2.37. The summed E-state index contributed by atoms with van der Waals surface area (Å²) in [5.41, 5.74) is 0.939. The molecule has 28 heavy (non-hydrogen) atoms. The molecule has 0 N–H and O–H groups in total. The van der Waals surface area contributed by atoms with Crippen LogP contribution in [0.25, 0.3) is 0 Å². The van der Waals surface area contributed by atoms with Gasteiger partial charge in [-0.15, -0.1) is 0 Å². The zero-order valence-corrected chi connectivity index (χ0v) is 15.2. The molecular formula is C21H19N3O4. The number of nitrogens with zero attached hydrogens (tertiary/aromatic N) is 3. The van der Waals surface area contributed by atoms with Crippen molar-refractivity contribution in [2.75, 3.05) is 32.8 Å². The molecule has 2 aliphatic heterocycles. The smallest absolute Gasteiger partial charge is 0.267 e. The highest BCUT2D eigenvalue weighted by Gasteiger charge is 2.33. The molecule has 142 valence electrons. The van der Waals surface area contributed by atoms with Gasteiger partial charge < -0.3 is 19.3 Å². The molecule has 2 heterocycles. The summed E-state index contributed by atoms with van der Waals surface area (Å²) in [6, 6.07) is 16.0. The molecule has 0 aliphatic carbocycles. The second-order valence-electron chi connectivity index (χ2n) is 6.67. The van der Waals surface area contributed by atoms with Crippen LogP contribution in [-0.2, 0) is 4.79 Å². The standard InChI is InChI=1S/C21H19N3O4/c22-13-15-4-3-5-16(12-15)20(25)23-8-10-24(11-9-23)21(26)19-14-27-17-6-1-2-7-18(17)28-19/h1-7,12,19H,8-11,14H2. The average molecular weight is 377 g/mol. The Labute approximate surface area is 162 Å². The van der Waals surface area contributed by atoms with Crippen LogP contribution in [0, 0.1) is 11.3 Å². The largest absolute Gasteiger partial charge is 0.485 e. The molecule has 1 atom stereocenters. The molecule has 1 saturated heterocycles. The van der Waals surface area contributed by atoms with E-state index < -0.39 is 6.10 Å². The first-order valence-electron chi connectivity index (χ1n) is 9.12. The predicted octanol–water partition coefficient (Wildman–Crippen LogP) is 1.68. The van der Waals surface area contributed by atoms with Crippen LogP contribution < -0.4 is 9.47 Å². The van der Waals surface area contributed by atoms with Crippen molar-refractivity contribution in [3.8, 4) is 17.6 Å². The maximum atomic E-state index is 12.8. The van der Waals surface area contributed by atoms with Crippen LogP contribution >= 0.6 is 0 Å². The lowest BCUT2D eigenvalue weighted by molar-refractivity contribution is -0.142. The second kappa shape index (κ2) is 7.61. The van der Waals surface area contributed by atoms with Crippen molar-refractivity contribution >= 4 is 11.8 Å². The van der Waals surface area contributed by atoms with Crippen LogP contribution in [0.2, 0.25) is 0 Å². The van der Waals surface area contributed by atoms with E-state index in [9.17, 15) is 9.59 Å². The second-order valence-corrected chi connectivity index (χ2v) is 6.67.